The smallest absolute Gasteiger partial charge is 0.236 e. The molecular formula is C21H27N5O3S. The average Bonchev–Trinajstić information content (AvgIpc) is 2.74. The van der Waals surface area contributed by atoms with Crippen LogP contribution in [0, 0.1) is 0 Å². The zero-order chi connectivity index (χ0) is 21.5. The van der Waals surface area contributed by atoms with Gasteiger partial charge >= 0.3 is 0 Å². The van der Waals surface area contributed by atoms with Gasteiger partial charge in [-0.15, -0.1) is 6.58 Å². The van der Waals surface area contributed by atoms with Crippen LogP contribution in [-0.4, -0.2) is 68.2 Å². The normalized spacial score (nSPS) is 14.3. The molecule has 2 aromatic rings. The van der Waals surface area contributed by atoms with Crippen LogP contribution < -0.4 is 19.7 Å². The Morgan fingerprint density at radius 3 is 2.47 bits per heavy atom. The number of nitrogens with one attached hydrogen (secondary N) is 1. The lowest BCUT2D eigenvalue weighted by molar-refractivity contribution is -0.115. The maximum Gasteiger partial charge on any atom is 0.236 e. The number of ether oxygens (including phenoxy) is 2. The molecule has 0 spiro atoms. The molecule has 9 heteroatoms. The van der Waals surface area contributed by atoms with Gasteiger partial charge in [0.05, 0.1) is 14.2 Å². The number of hydrogen-bond acceptors (Lipinski definition) is 8. The lowest BCUT2D eigenvalue weighted by Gasteiger charge is -2.32. The van der Waals surface area contributed by atoms with Gasteiger partial charge in [-0.25, -0.2) is 0 Å². The average molecular weight is 430 g/mol. The number of nitrogens with zero attached hydrogens (tertiary/aromatic N) is 4. The van der Waals surface area contributed by atoms with Crippen molar-refractivity contribution >= 4 is 29.3 Å². The third-order valence-electron chi connectivity index (χ3n) is 4.63. The summed E-state index contributed by atoms with van der Waals surface area (Å²) >= 11 is 1.43. The van der Waals surface area contributed by atoms with E-state index in [1.807, 2.05) is 24.3 Å². The molecule has 1 fully saturated rings. The Kier molecular flexibility index (Phi) is 7.53. The second-order valence-corrected chi connectivity index (χ2v) is 7.92. The van der Waals surface area contributed by atoms with Crippen LogP contribution in [0.2, 0.25) is 0 Å². The first-order chi connectivity index (χ1) is 14.5. The summed E-state index contributed by atoms with van der Waals surface area (Å²) in [5.74, 6) is 1.41. The van der Waals surface area contributed by atoms with E-state index in [0.717, 1.165) is 31.1 Å². The van der Waals surface area contributed by atoms with E-state index in [9.17, 15) is 4.79 Å². The maximum atomic E-state index is 11.8. The number of likely N-dealkylation sites (N-methyl/N-ethyl adjacent to an activating group) is 1. The number of aromatic nitrogens is 2. The minimum Gasteiger partial charge on any atom is -0.480 e. The van der Waals surface area contributed by atoms with E-state index in [-0.39, 0.29) is 12.3 Å². The van der Waals surface area contributed by atoms with Gasteiger partial charge in [0.1, 0.15) is 4.90 Å². The molecule has 0 radical (unpaired) electrons. The predicted octanol–water partition coefficient (Wildman–Crippen LogP) is 2.91. The van der Waals surface area contributed by atoms with Gasteiger partial charge in [-0.2, -0.15) is 9.97 Å². The lowest BCUT2D eigenvalue weighted by Crippen LogP contribution is -2.45. The molecule has 1 amide bonds. The molecule has 0 saturated carbocycles. The number of benzene rings is 1. The van der Waals surface area contributed by atoms with E-state index in [4.69, 9.17) is 9.47 Å². The van der Waals surface area contributed by atoms with Crippen LogP contribution in [0.5, 0.6) is 11.8 Å². The number of hydrogen-bond donors (Lipinski definition) is 1. The number of piperazine rings is 1. The van der Waals surface area contributed by atoms with Crippen molar-refractivity contribution in [3.05, 3.63) is 36.9 Å². The Balaban J connectivity index is 1.85. The minimum absolute atomic E-state index is 0.109. The van der Waals surface area contributed by atoms with Gasteiger partial charge in [-0.1, -0.05) is 23.9 Å². The van der Waals surface area contributed by atoms with Crippen LogP contribution in [0.4, 0.5) is 11.6 Å². The van der Waals surface area contributed by atoms with Crippen molar-refractivity contribution in [2.24, 2.45) is 0 Å². The van der Waals surface area contributed by atoms with Gasteiger partial charge in [0, 0.05) is 43.2 Å². The Hall–Kier alpha value is -2.78. The Morgan fingerprint density at radius 2 is 1.87 bits per heavy atom. The zero-order valence-electron chi connectivity index (χ0n) is 17.6. The second kappa shape index (κ2) is 10.3. The second-order valence-electron chi connectivity index (χ2n) is 6.83. The fourth-order valence-electron chi connectivity index (χ4n) is 3.01. The largest absolute Gasteiger partial charge is 0.480 e. The molecule has 1 saturated heterocycles. The first-order valence-corrected chi connectivity index (χ1v) is 10.5. The summed E-state index contributed by atoms with van der Waals surface area (Å²) < 4.78 is 11.1. The summed E-state index contributed by atoms with van der Waals surface area (Å²) in [6.07, 6.45) is 1.84. The highest BCUT2D eigenvalue weighted by atomic mass is 32.2. The van der Waals surface area contributed by atoms with E-state index < -0.39 is 0 Å². The van der Waals surface area contributed by atoms with Gasteiger partial charge in [0.15, 0.2) is 0 Å². The molecule has 160 valence electrons. The monoisotopic (exact) mass is 429 g/mol. The maximum absolute atomic E-state index is 11.8. The van der Waals surface area contributed by atoms with Crippen molar-refractivity contribution in [3.8, 4) is 11.8 Å². The summed E-state index contributed by atoms with van der Waals surface area (Å²) in [5, 5.41) is 2.85. The lowest BCUT2D eigenvalue weighted by atomic mass is 10.3. The van der Waals surface area contributed by atoms with Crippen molar-refractivity contribution in [3.63, 3.8) is 0 Å². The van der Waals surface area contributed by atoms with Gasteiger partial charge in [0.2, 0.25) is 23.6 Å². The third kappa shape index (κ3) is 5.43. The summed E-state index contributed by atoms with van der Waals surface area (Å²) in [6, 6.07) is 7.55. The first kappa shape index (κ1) is 21.9. The van der Waals surface area contributed by atoms with Crippen molar-refractivity contribution < 1.29 is 14.3 Å². The van der Waals surface area contributed by atoms with Crippen LogP contribution in [0.25, 0.3) is 0 Å². The van der Waals surface area contributed by atoms with Crippen molar-refractivity contribution in [2.45, 2.75) is 16.2 Å². The van der Waals surface area contributed by atoms with E-state index in [1.54, 1.807) is 20.3 Å². The van der Waals surface area contributed by atoms with E-state index >= 15 is 0 Å². The van der Waals surface area contributed by atoms with E-state index in [1.165, 1.54) is 11.8 Å². The molecule has 1 N–H and O–H groups in total. The highest BCUT2D eigenvalue weighted by molar-refractivity contribution is 7.99. The topological polar surface area (TPSA) is 79.8 Å². The number of rotatable bonds is 8. The van der Waals surface area contributed by atoms with Gasteiger partial charge in [-0.05, 0) is 25.2 Å². The SMILES string of the molecule is C=CCC(=O)Nc1cccc(Sc2c(OC)nc(N3CCN(C)CC3)nc2OC)c1. The van der Waals surface area contributed by atoms with Crippen LogP contribution in [-0.2, 0) is 4.79 Å². The van der Waals surface area contributed by atoms with Crippen molar-refractivity contribution in [1.82, 2.24) is 14.9 Å². The molecule has 1 aromatic heterocycles. The first-order valence-electron chi connectivity index (χ1n) is 9.66. The number of methoxy groups -OCH3 is 2. The Bertz CT molecular complexity index is 875. The zero-order valence-corrected chi connectivity index (χ0v) is 18.4. The highest BCUT2D eigenvalue weighted by Gasteiger charge is 2.23. The summed E-state index contributed by atoms with van der Waals surface area (Å²) in [7, 11) is 5.28. The summed E-state index contributed by atoms with van der Waals surface area (Å²) in [4.78, 5) is 27.1. The predicted molar refractivity (Wildman–Crippen MR) is 119 cm³/mol. The molecule has 0 unspecified atom stereocenters. The van der Waals surface area contributed by atoms with Crippen molar-refractivity contribution in [2.75, 3.05) is 57.7 Å². The van der Waals surface area contributed by atoms with Crippen molar-refractivity contribution in [1.29, 1.82) is 0 Å². The number of amides is 1. The number of carbonyl (C=O) groups is 1. The standard InChI is InChI=1S/C21H27N5O3S/c1-5-7-17(27)22-15-8-6-9-16(14-15)30-18-19(28-3)23-21(24-20(18)29-4)26-12-10-25(2)11-13-26/h5-6,8-9,14H,1,7,10-13H2,2-4H3,(H,22,27). The molecule has 1 aromatic carbocycles. The molecule has 30 heavy (non-hydrogen) atoms. The molecule has 1 aliphatic heterocycles. The molecule has 0 aliphatic carbocycles. The molecule has 2 heterocycles. The molecule has 1 aliphatic rings. The molecular weight excluding hydrogens is 402 g/mol. The van der Waals surface area contributed by atoms with Crippen LogP contribution >= 0.6 is 11.8 Å². The van der Waals surface area contributed by atoms with Gasteiger partial charge in [0.25, 0.3) is 0 Å². The minimum atomic E-state index is -0.109. The third-order valence-corrected chi connectivity index (χ3v) is 5.67. The molecule has 8 nitrogen and oxygen atoms in total. The Labute approximate surface area is 181 Å². The fraction of sp³-hybridized carbons (Fsp3) is 0.381. The highest BCUT2D eigenvalue weighted by Crippen LogP contribution is 2.41. The van der Waals surface area contributed by atoms with E-state index in [0.29, 0.717) is 28.3 Å². The van der Waals surface area contributed by atoms with E-state index in [2.05, 4.69) is 38.7 Å². The van der Waals surface area contributed by atoms with Gasteiger partial charge < -0.3 is 24.6 Å². The van der Waals surface area contributed by atoms with Crippen LogP contribution in [0.1, 0.15) is 6.42 Å². The number of carbonyl (C=O) groups excluding carboxylic acids is 1. The quantitative estimate of drug-likeness (QED) is 0.642. The Morgan fingerprint density at radius 1 is 1.20 bits per heavy atom. The molecule has 0 bridgehead atoms. The summed E-state index contributed by atoms with van der Waals surface area (Å²) in [6.45, 7) is 7.19. The van der Waals surface area contributed by atoms with Crippen LogP contribution in [0.3, 0.4) is 0 Å². The van der Waals surface area contributed by atoms with Gasteiger partial charge in [-0.3, -0.25) is 4.79 Å². The van der Waals surface area contributed by atoms with Crippen LogP contribution in [0.15, 0.2) is 46.7 Å². The summed E-state index contributed by atoms with van der Waals surface area (Å²) in [5.41, 5.74) is 0.708. The fourth-order valence-corrected chi connectivity index (χ4v) is 4.01. The molecule has 0 atom stereocenters. The molecule has 3 rings (SSSR count). The number of anilines is 2.